The van der Waals surface area contributed by atoms with Crippen molar-refractivity contribution in [1.82, 2.24) is 24.3 Å². The fourth-order valence-electron chi connectivity index (χ4n) is 3.79. The van der Waals surface area contributed by atoms with Gasteiger partial charge in [-0.3, -0.25) is 9.25 Å². The summed E-state index contributed by atoms with van der Waals surface area (Å²) in [4.78, 5) is 10.3. The number of anilines is 1. The number of rotatable bonds is 6. The van der Waals surface area contributed by atoms with Gasteiger partial charge in [-0.05, 0) is 38.0 Å². The second-order valence-corrected chi connectivity index (χ2v) is 8.96. The fourth-order valence-corrected chi connectivity index (χ4v) is 5.37. The van der Waals surface area contributed by atoms with Crippen molar-refractivity contribution >= 4 is 27.8 Å². The number of nitrogens with one attached hydrogen (secondary N) is 1. The molecule has 4 aromatic rings. The number of aryl methyl sites for hydroxylation is 1. The van der Waals surface area contributed by atoms with Crippen LogP contribution in [0, 0.1) is 6.92 Å². The van der Waals surface area contributed by atoms with Crippen LogP contribution in [0.25, 0.3) is 15.7 Å². The van der Waals surface area contributed by atoms with Gasteiger partial charge in [-0.25, -0.2) is 9.97 Å². The SMILES string of the molecule is Cc1nc(NCc2cccn2-c2nccs2)sc1-c1ccn(C2CCCC2)n1. The Bertz CT molecular complexity index is 1050. The van der Waals surface area contributed by atoms with Crippen LogP contribution in [-0.4, -0.2) is 24.3 Å². The summed E-state index contributed by atoms with van der Waals surface area (Å²) in [6.45, 7) is 2.76. The third kappa shape index (κ3) is 3.38. The van der Waals surface area contributed by atoms with E-state index in [2.05, 4.69) is 44.8 Å². The van der Waals surface area contributed by atoms with Crippen molar-refractivity contribution in [3.63, 3.8) is 0 Å². The Morgan fingerprint density at radius 2 is 2.11 bits per heavy atom. The normalized spacial score (nSPS) is 14.8. The molecular formula is C20H22N6S2. The Morgan fingerprint density at radius 3 is 2.93 bits per heavy atom. The standard InChI is InChI=1S/C20H22N6S2/c1-14-18(17-8-11-26(24-17)15-5-2-3-6-15)28-19(23-14)22-13-16-7-4-10-25(16)20-21-9-12-27-20/h4,7-12,15H,2-3,5-6,13H2,1H3,(H,22,23). The molecule has 0 bridgehead atoms. The molecule has 0 aliphatic heterocycles. The van der Waals surface area contributed by atoms with Crippen LogP contribution in [0.2, 0.25) is 0 Å². The molecule has 0 atom stereocenters. The smallest absolute Gasteiger partial charge is 0.193 e. The van der Waals surface area contributed by atoms with E-state index in [4.69, 9.17) is 10.1 Å². The summed E-state index contributed by atoms with van der Waals surface area (Å²) in [5, 5.41) is 12.2. The summed E-state index contributed by atoms with van der Waals surface area (Å²) in [5.41, 5.74) is 3.22. The molecule has 5 rings (SSSR count). The minimum atomic E-state index is 0.568. The Morgan fingerprint density at radius 1 is 1.21 bits per heavy atom. The van der Waals surface area contributed by atoms with Crippen molar-refractivity contribution in [2.24, 2.45) is 0 Å². The van der Waals surface area contributed by atoms with Gasteiger partial charge < -0.3 is 5.32 Å². The van der Waals surface area contributed by atoms with Gasteiger partial charge in [-0.2, -0.15) is 5.10 Å². The highest BCUT2D eigenvalue weighted by Gasteiger charge is 2.19. The lowest BCUT2D eigenvalue weighted by Crippen LogP contribution is -2.05. The summed E-state index contributed by atoms with van der Waals surface area (Å²) >= 11 is 3.31. The van der Waals surface area contributed by atoms with Crippen LogP contribution in [0.4, 0.5) is 5.13 Å². The van der Waals surface area contributed by atoms with E-state index in [1.54, 1.807) is 22.7 Å². The molecule has 0 unspecified atom stereocenters. The maximum atomic E-state index is 4.84. The largest absolute Gasteiger partial charge is 0.356 e. The second-order valence-electron chi connectivity index (χ2n) is 7.09. The molecule has 0 radical (unpaired) electrons. The molecule has 0 spiro atoms. The zero-order valence-electron chi connectivity index (χ0n) is 15.7. The molecule has 8 heteroatoms. The first-order valence-corrected chi connectivity index (χ1v) is 11.3. The third-order valence-corrected chi connectivity index (χ3v) is 7.12. The third-order valence-electron chi connectivity index (χ3n) is 5.22. The first kappa shape index (κ1) is 17.6. The van der Waals surface area contributed by atoms with Gasteiger partial charge in [0.2, 0.25) is 0 Å². The quantitative estimate of drug-likeness (QED) is 0.469. The Hall–Kier alpha value is -2.45. The van der Waals surface area contributed by atoms with Crippen molar-refractivity contribution in [2.75, 3.05) is 5.32 Å². The lowest BCUT2D eigenvalue weighted by atomic mass is 10.3. The topological polar surface area (TPSA) is 60.6 Å². The summed E-state index contributed by atoms with van der Waals surface area (Å²) in [7, 11) is 0. The average Bonchev–Trinajstić information content (AvgIpc) is 3.51. The number of hydrogen-bond donors (Lipinski definition) is 1. The van der Waals surface area contributed by atoms with Gasteiger partial charge in [0.1, 0.15) is 5.69 Å². The minimum absolute atomic E-state index is 0.568. The van der Waals surface area contributed by atoms with Crippen molar-refractivity contribution in [3.05, 3.63) is 53.6 Å². The van der Waals surface area contributed by atoms with Crippen LogP contribution >= 0.6 is 22.7 Å². The van der Waals surface area contributed by atoms with Gasteiger partial charge in [0, 0.05) is 29.7 Å². The summed E-state index contributed by atoms with van der Waals surface area (Å²) in [5.74, 6) is 0. The number of thiazole rings is 2. The van der Waals surface area contributed by atoms with Crippen LogP contribution in [0.3, 0.4) is 0 Å². The molecule has 0 saturated heterocycles. The molecule has 144 valence electrons. The van der Waals surface area contributed by atoms with Crippen molar-refractivity contribution in [2.45, 2.75) is 45.2 Å². The molecule has 1 aliphatic carbocycles. The van der Waals surface area contributed by atoms with Gasteiger partial charge in [0.15, 0.2) is 10.3 Å². The van der Waals surface area contributed by atoms with Crippen LogP contribution in [0.5, 0.6) is 0 Å². The highest BCUT2D eigenvalue weighted by atomic mass is 32.1. The highest BCUT2D eigenvalue weighted by Crippen LogP contribution is 2.34. The predicted molar refractivity (Wildman–Crippen MR) is 114 cm³/mol. The van der Waals surface area contributed by atoms with Crippen LogP contribution in [0.1, 0.15) is 43.1 Å². The van der Waals surface area contributed by atoms with Crippen molar-refractivity contribution < 1.29 is 0 Å². The van der Waals surface area contributed by atoms with E-state index < -0.39 is 0 Å². The average molecular weight is 411 g/mol. The molecule has 6 nitrogen and oxygen atoms in total. The summed E-state index contributed by atoms with van der Waals surface area (Å²) in [6.07, 6.45) is 11.1. The van der Waals surface area contributed by atoms with Crippen LogP contribution < -0.4 is 5.32 Å². The number of hydrogen-bond acceptors (Lipinski definition) is 6. The molecule has 4 heterocycles. The van der Waals surface area contributed by atoms with E-state index >= 15 is 0 Å². The molecule has 28 heavy (non-hydrogen) atoms. The van der Waals surface area contributed by atoms with Gasteiger partial charge >= 0.3 is 0 Å². The van der Waals surface area contributed by atoms with E-state index in [9.17, 15) is 0 Å². The van der Waals surface area contributed by atoms with E-state index in [0.29, 0.717) is 12.6 Å². The summed E-state index contributed by atoms with van der Waals surface area (Å²) < 4.78 is 4.26. The molecule has 4 aromatic heterocycles. The predicted octanol–water partition coefficient (Wildman–Crippen LogP) is 5.29. The zero-order chi connectivity index (χ0) is 18.9. The van der Waals surface area contributed by atoms with E-state index in [-0.39, 0.29) is 0 Å². The van der Waals surface area contributed by atoms with E-state index in [1.165, 1.54) is 25.7 Å². The van der Waals surface area contributed by atoms with E-state index in [0.717, 1.165) is 32.2 Å². The van der Waals surface area contributed by atoms with Gasteiger partial charge in [0.05, 0.1) is 23.2 Å². The molecule has 0 aromatic carbocycles. The minimum Gasteiger partial charge on any atom is -0.356 e. The molecule has 1 fully saturated rings. The van der Waals surface area contributed by atoms with Crippen molar-refractivity contribution in [3.8, 4) is 15.7 Å². The zero-order valence-corrected chi connectivity index (χ0v) is 17.3. The second kappa shape index (κ2) is 7.52. The van der Waals surface area contributed by atoms with E-state index in [1.807, 2.05) is 23.8 Å². The van der Waals surface area contributed by atoms with Crippen LogP contribution in [-0.2, 0) is 6.54 Å². The number of nitrogens with zero attached hydrogens (tertiary/aromatic N) is 5. The molecule has 0 amide bonds. The monoisotopic (exact) mass is 410 g/mol. The molecule has 1 saturated carbocycles. The lowest BCUT2D eigenvalue weighted by Gasteiger charge is -2.08. The molecular weight excluding hydrogens is 388 g/mol. The molecule has 1 N–H and O–H groups in total. The maximum absolute atomic E-state index is 4.84. The van der Waals surface area contributed by atoms with Crippen LogP contribution in [0.15, 0.2) is 42.2 Å². The first-order valence-electron chi connectivity index (χ1n) is 9.61. The Labute approximate surface area is 171 Å². The van der Waals surface area contributed by atoms with Gasteiger partial charge in [-0.15, -0.1) is 11.3 Å². The fraction of sp³-hybridized carbons (Fsp3) is 0.350. The lowest BCUT2D eigenvalue weighted by molar-refractivity contribution is 0.468. The van der Waals surface area contributed by atoms with Gasteiger partial charge in [-0.1, -0.05) is 24.2 Å². The molecule has 1 aliphatic rings. The van der Waals surface area contributed by atoms with Gasteiger partial charge in [0.25, 0.3) is 0 Å². The Kier molecular flexibility index (Phi) is 4.74. The summed E-state index contributed by atoms with van der Waals surface area (Å²) in [6, 6.07) is 6.85. The highest BCUT2D eigenvalue weighted by molar-refractivity contribution is 7.19. The number of aromatic nitrogens is 5. The van der Waals surface area contributed by atoms with Crippen molar-refractivity contribution in [1.29, 1.82) is 0 Å². The Balaban J connectivity index is 1.31. The maximum Gasteiger partial charge on any atom is 0.193 e. The first-order chi connectivity index (χ1) is 13.8.